The monoisotopic (exact) mass is 402 g/mol. The summed E-state index contributed by atoms with van der Waals surface area (Å²) in [5, 5.41) is 5.99. The van der Waals surface area contributed by atoms with E-state index in [1.807, 2.05) is 12.1 Å². The number of fused-ring (bicyclic) bond motifs is 1. The zero-order chi connectivity index (χ0) is 19.7. The minimum atomic E-state index is -3.58. The molecule has 8 nitrogen and oxygen atoms in total. The first-order valence-corrected chi connectivity index (χ1v) is 10.9. The van der Waals surface area contributed by atoms with Crippen LogP contribution in [-0.4, -0.2) is 59.9 Å². The van der Waals surface area contributed by atoms with Gasteiger partial charge in [-0.25, -0.2) is 13.5 Å². The van der Waals surface area contributed by atoms with E-state index >= 15 is 0 Å². The summed E-state index contributed by atoms with van der Waals surface area (Å²) in [6.07, 6.45) is 4.18. The quantitative estimate of drug-likeness (QED) is 0.818. The van der Waals surface area contributed by atoms with Crippen molar-refractivity contribution < 1.29 is 13.2 Å². The second-order valence-corrected chi connectivity index (χ2v) is 9.08. The third-order valence-electron chi connectivity index (χ3n) is 5.38. The van der Waals surface area contributed by atoms with Crippen LogP contribution in [0.15, 0.2) is 40.0 Å². The second kappa shape index (κ2) is 7.48. The predicted octanol–water partition coefficient (Wildman–Crippen LogP) is 0.795. The van der Waals surface area contributed by atoms with Crippen LogP contribution < -0.4 is 5.56 Å². The second-order valence-electron chi connectivity index (χ2n) is 7.14. The fourth-order valence-corrected chi connectivity index (χ4v) is 5.25. The first-order chi connectivity index (χ1) is 13.4. The number of nitrogens with one attached hydrogen (secondary N) is 1. The Morgan fingerprint density at radius 1 is 0.964 bits per heavy atom. The first-order valence-electron chi connectivity index (χ1n) is 9.42. The highest BCUT2D eigenvalue weighted by Gasteiger charge is 2.31. The fourth-order valence-electron chi connectivity index (χ4n) is 3.78. The van der Waals surface area contributed by atoms with Gasteiger partial charge in [-0.1, -0.05) is 6.07 Å². The van der Waals surface area contributed by atoms with Crippen LogP contribution >= 0.6 is 0 Å². The summed E-state index contributed by atoms with van der Waals surface area (Å²) in [6, 6.07) is 8.06. The number of hydrogen-bond acceptors (Lipinski definition) is 5. The summed E-state index contributed by atoms with van der Waals surface area (Å²) < 4.78 is 27.5. The number of aromatic amines is 1. The molecule has 0 atom stereocenters. The van der Waals surface area contributed by atoms with Crippen molar-refractivity contribution in [2.24, 2.45) is 0 Å². The largest absolute Gasteiger partial charge is 0.335 e. The van der Waals surface area contributed by atoms with Gasteiger partial charge in [-0.2, -0.15) is 9.40 Å². The van der Waals surface area contributed by atoms with Crippen LogP contribution in [0, 0.1) is 0 Å². The molecular formula is C19H22N4O4S. The lowest BCUT2D eigenvalue weighted by atomic mass is 9.92. The van der Waals surface area contributed by atoms with Crippen molar-refractivity contribution in [1.82, 2.24) is 19.4 Å². The Balaban J connectivity index is 1.46. The van der Waals surface area contributed by atoms with E-state index in [0.717, 1.165) is 31.2 Å². The van der Waals surface area contributed by atoms with Gasteiger partial charge in [-0.15, -0.1) is 0 Å². The lowest BCUT2D eigenvalue weighted by Crippen LogP contribution is -2.50. The van der Waals surface area contributed by atoms with E-state index in [9.17, 15) is 18.0 Å². The molecule has 148 valence electrons. The van der Waals surface area contributed by atoms with Gasteiger partial charge >= 0.3 is 0 Å². The van der Waals surface area contributed by atoms with Gasteiger partial charge < -0.3 is 4.90 Å². The Morgan fingerprint density at radius 2 is 1.68 bits per heavy atom. The molecule has 2 aliphatic rings. The fraction of sp³-hybridized carbons (Fsp3) is 0.421. The van der Waals surface area contributed by atoms with Crippen molar-refractivity contribution in [2.45, 2.75) is 30.6 Å². The van der Waals surface area contributed by atoms with E-state index in [1.54, 1.807) is 11.0 Å². The Hall–Kier alpha value is -2.52. The SMILES string of the molecule is O=C(c1ccc(=O)[nH]n1)N1CCN(S(=O)(=O)c2ccc3c(c2)CCCC3)CC1. The van der Waals surface area contributed by atoms with Crippen molar-refractivity contribution in [2.75, 3.05) is 26.2 Å². The minimum absolute atomic E-state index is 0.144. The Bertz CT molecular complexity index is 1040. The number of rotatable bonds is 3. The van der Waals surface area contributed by atoms with Crippen LogP contribution in [0.5, 0.6) is 0 Å². The molecule has 4 rings (SSSR count). The number of carbonyl (C=O) groups is 1. The van der Waals surface area contributed by atoms with E-state index < -0.39 is 10.0 Å². The summed E-state index contributed by atoms with van der Waals surface area (Å²) in [5.74, 6) is -0.318. The zero-order valence-corrected chi connectivity index (χ0v) is 16.2. The molecule has 2 aromatic rings. The summed E-state index contributed by atoms with van der Waals surface area (Å²) in [4.78, 5) is 25.4. The standard InChI is InChI=1S/C19H22N4O4S/c24-18-8-7-17(20-21-18)19(25)22-9-11-23(12-10-22)28(26,27)16-6-5-14-3-1-2-4-15(14)13-16/h5-8,13H,1-4,9-12H2,(H,21,24). The van der Waals surface area contributed by atoms with Gasteiger partial charge in [0, 0.05) is 32.2 Å². The molecule has 0 radical (unpaired) electrons. The molecule has 1 saturated heterocycles. The average Bonchev–Trinajstić information content (AvgIpc) is 2.73. The van der Waals surface area contributed by atoms with E-state index in [2.05, 4.69) is 10.2 Å². The van der Waals surface area contributed by atoms with E-state index in [-0.39, 0.29) is 43.3 Å². The smallest absolute Gasteiger partial charge is 0.274 e. The molecule has 1 amide bonds. The van der Waals surface area contributed by atoms with Crippen LogP contribution in [0.25, 0.3) is 0 Å². The molecule has 2 heterocycles. The maximum absolute atomic E-state index is 13.0. The molecular weight excluding hydrogens is 380 g/mol. The number of piperazine rings is 1. The van der Waals surface area contributed by atoms with Gasteiger partial charge in [0.2, 0.25) is 10.0 Å². The number of H-pyrrole nitrogens is 1. The van der Waals surface area contributed by atoms with Gasteiger partial charge in [0.1, 0.15) is 5.69 Å². The van der Waals surface area contributed by atoms with Crippen LogP contribution in [-0.2, 0) is 22.9 Å². The van der Waals surface area contributed by atoms with Crippen molar-refractivity contribution in [1.29, 1.82) is 0 Å². The molecule has 1 aliphatic carbocycles. The molecule has 28 heavy (non-hydrogen) atoms. The third-order valence-corrected chi connectivity index (χ3v) is 7.28. The van der Waals surface area contributed by atoms with Crippen molar-refractivity contribution in [3.05, 3.63) is 57.5 Å². The van der Waals surface area contributed by atoms with Crippen LogP contribution in [0.3, 0.4) is 0 Å². The molecule has 0 bridgehead atoms. The third kappa shape index (κ3) is 3.59. The van der Waals surface area contributed by atoms with Crippen LogP contribution in [0.4, 0.5) is 0 Å². The summed E-state index contributed by atoms with van der Waals surface area (Å²) in [6.45, 7) is 1.02. The molecule has 0 unspecified atom stereocenters. The molecule has 1 N–H and O–H groups in total. The highest BCUT2D eigenvalue weighted by atomic mass is 32.2. The van der Waals surface area contributed by atoms with Crippen LogP contribution in [0.2, 0.25) is 0 Å². The molecule has 1 aromatic heterocycles. The minimum Gasteiger partial charge on any atom is -0.335 e. The maximum Gasteiger partial charge on any atom is 0.274 e. The predicted molar refractivity (Wildman–Crippen MR) is 103 cm³/mol. The topological polar surface area (TPSA) is 103 Å². The molecule has 1 fully saturated rings. The highest BCUT2D eigenvalue weighted by molar-refractivity contribution is 7.89. The van der Waals surface area contributed by atoms with Gasteiger partial charge in [-0.3, -0.25) is 9.59 Å². The van der Waals surface area contributed by atoms with E-state index in [0.29, 0.717) is 4.90 Å². The van der Waals surface area contributed by atoms with Gasteiger partial charge in [0.25, 0.3) is 11.5 Å². The number of benzene rings is 1. The van der Waals surface area contributed by atoms with Gasteiger partial charge in [-0.05, 0) is 55.0 Å². The number of sulfonamides is 1. The van der Waals surface area contributed by atoms with Crippen molar-refractivity contribution in [3.8, 4) is 0 Å². The Morgan fingerprint density at radius 3 is 2.36 bits per heavy atom. The molecule has 1 aliphatic heterocycles. The molecule has 0 saturated carbocycles. The van der Waals surface area contributed by atoms with Crippen molar-refractivity contribution >= 4 is 15.9 Å². The lowest BCUT2D eigenvalue weighted by molar-refractivity contribution is 0.0690. The first kappa shape index (κ1) is 18.8. The number of amides is 1. The molecule has 9 heteroatoms. The summed E-state index contributed by atoms with van der Waals surface area (Å²) in [7, 11) is -3.58. The highest BCUT2D eigenvalue weighted by Crippen LogP contribution is 2.26. The Kier molecular flexibility index (Phi) is 5.03. The van der Waals surface area contributed by atoms with Gasteiger partial charge in [0.15, 0.2) is 0 Å². The van der Waals surface area contributed by atoms with Gasteiger partial charge in [0.05, 0.1) is 4.90 Å². The van der Waals surface area contributed by atoms with E-state index in [1.165, 1.54) is 22.0 Å². The number of carbonyl (C=O) groups excluding carboxylic acids is 1. The molecule has 0 spiro atoms. The summed E-state index contributed by atoms with van der Waals surface area (Å²) >= 11 is 0. The lowest BCUT2D eigenvalue weighted by Gasteiger charge is -2.34. The maximum atomic E-state index is 13.0. The normalized spacial score (nSPS) is 17.9. The summed E-state index contributed by atoms with van der Waals surface area (Å²) in [5.41, 5.74) is 2.14. The number of hydrogen-bond donors (Lipinski definition) is 1. The Labute approximate surface area is 163 Å². The van der Waals surface area contributed by atoms with Crippen LogP contribution in [0.1, 0.15) is 34.5 Å². The number of aryl methyl sites for hydroxylation is 2. The van der Waals surface area contributed by atoms with Crippen molar-refractivity contribution in [3.63, 3.8) is 0 Å². The zero-order valence-electron chi connectivity index (χ0n) is 15.4. The number of nitrogens with zero attached hydrogens (tertiary/aromatic N) is 3. The number of aromatic nitrogens is 2. The average molecular weight is 402 g/mol. The van der Waals surface area contributed by atoms with E-state index in [4.69, 9.17) is 0 Å². The molecule has 1 aromatic carbocycles.